The highest BCUT2D eigenvalue weighted by atomic mass is 16.5. The van der Waals surface area contributed by atoms with Gasteiger partial charge in [0.15, 0.2) is 0 Å². The van der Waals surface area contributed by atoms with Crippen LogP contribution in [0.3, 0.4) is 0 Å². The first-order valence-electron chi connectivity index (χ1n) is 17.4. The fourth-order valence-electron chi connectivity index (χ4n) is 6.82. The molecule has 2 saturated heterocycles. The van der Waals surface area contributed by atoms with Crippen molar-refractivity contribution >= 4 is 23.7 Å². The number of rotatable bonds is 13. The molecule has 1 aromatic carbocycles. The molecule has 2 fully saturated rings. The van der Waals surface area contributed by atoms with E-state index in [2.05, 4.69) is 24.1 Å². The lowest BCUT2D eigenvalue weighted by molar-refractivity contribution is -0.157. The molecule has 3 amide bonds. The first-order valence-corrected chi connectivity index (χ1v) is 17.4. The van der Waals surface area contributed by atoms with Crippen LogP contribution in [0.25, 0.3) is 0 Å². The molecule has 2 aliphatic rings. The minimum Gasteiger partial charge on any atom is -0.456 e. The van der Waals surface area contributed by atoms with Gasteiger partial charge in [-0.15, -0.1) is 0 Å². The lowest BCUT2D eigenvalue weighted by atomic mass is 9.95. The van der Waals surface area contributed by atoms with Gasteiger partial charge < -0.3 is 19.9 Å². The molecule has 3 rings (SSSR count). The summed E-state index contributed by atoms with van der Waals surface area (Å²) in [4.78, 5) is 60.1. The van der Waals surface area contributed by atoms with E-state index < -0.39 is 12.1 Å². The van der Waals surface area contributed by atoms with Gasteiger partial charge in [0.25, 0.3) is 0 Å². The van der Waals surface area contributed by atoms with E-state index in [9.17, 15) is 19.2 Å². The molecule has 1 unspecified atom stereocenters. The van der Waals surface area contributed by atoms with E-state index in [0.29, 0.717) is 25.0 Å². The predicted octanol–water partition coefficient (Wildman–Crippen LogP) is 5.50. The summed E-state index contributed by atoms with van der Waals surface area (Å²) in [7, 11) is 1.74. The first-order chi connectivity index (χ1) is 21.8. The van der Waals surface area contributed by atoms with Gasteiger partial charge in [0.2, 0.25) is 17.7 Å². The van der Waals surface area contributed by atoms with E-state index in [4.69, 9.17) is 4.74 Å². The summed E-state index contributed by atoms with van der Waals surface area (Å²) in [5.74, 6) is -0.995. The van der Waals surface area contributed by atoms with Crippen molar-refractivity contribution in [1.29, 1.82) is 0 Å². The highest BCUT2D eigenvalue weighted by molar-refractivity contribution is 5.96. The van der Waals surface area contributed by atoms with Crippen LogP contribution in [0.4, 0.5) is 0 Å². The molecular weight excluding hydrogens is 580 g/mol. The number of esters is 1. The van der Waals surface area contributed by atoms with Gasteiger partial charge in [0, 0.05) is 25.2 Å². The minimum atomic E-state index is -0.687. The van der Waals surface area contributed by atoms with Crippen molar-refractivity contribution in [3.05, 3.63) is 47.5 Å². The fraction of sp³-hybridized carbons (Fsp3) is 0.676. The van der Waals surface area contributed by atoms with Crippen LogP contribution in [-0.2, 0) is 23.9 Å². The second kappa shape index (κ2) is 17.1. The third-order valence-electron chi connectivity index (χ3n) is 9.56. The zero-order valence-corrected chi connectivity index (χ0v) is 29.6. The number of hydrogen-bond donors (Lipinski definition) is 1. The number of nitrogens with one attached hydrogen (secondary N) is 1. The number of amides is 3. The molecule has 46 heavy (non-hydrogen) atoms. The summed E-state index contributed by atoms with van der Waals surface area (Å²) in [5, 5.41) is 3.10. The Morgan fingerprint density at radius 3 is 2.17 bits per heavy atom. The van der Waals surface area contributed by atoms with E-state index >= 15 is 0 Å². The number of benzene rings is 1. The standard InChI is InChI=1S/C37H58N4O5/c1-10-32(28-17-12-11-13-18-28)46-37(45)30-20-16-22-41(30)35(43)27(8)23-31(24(2)3)39(9)36(44)33(25(4)5)38-34(42)29-19-14-15-21-40(29)26(6)7/h11-13,17-18,23-26,29-33H,10,14-16,19-22H2,1-9H3,(H,38,42)/b27-23+/t29?,30-,31+,32-,33-/m0/s1. The van der Waals surface area contributed by atoms with Crippen LogP contribution in [0.15, 0.2) is 42.0 Å². The maximum Gasteiger partial charge on any atom is 0.329 e. The zero-order chi connectivity index (χ0) is 34.1. The maximum absolute atomic E-state index is 14.0. The molecule has 0 aromatic heterocycles. The third kappa shape index (κ3) is 9.20. The van der Waals surface area contributed by atoms with Crippen molar-refractivity contribution in [3.8, 4) is 0 Å². The second-order valence-electron chi connectivity index (χ2n) is 14.0. The van der Waals surface area contributed by atoms with Gasteiger partial charge in [-0.25, -0.2) is 4.79 Å². The summed E-state index contributed by atoms with van der Waals surface area (Å²) in [5.41, 5.74) is 1.41. The van der Waals surface area contributed by atoms with Gasteiger partial charge in [0.05, 0.1) is 12.1 Å². The monoisotopic (exact) mass is 638 g/mol. The average Bonchev–Trinajstić information content (AvgIpc) is 3.54. The molecule has 256 valence electrons. The summed E-state index contributed by atoms with van der Waals surface area (Å²) < 4.78 is 5.92. The van der Waals surface area contributed by atoms with Crippen LogP contribution in [0, 0.1) is 11.8 Å². The topological polar surface area (TPSA) is 99.3 Å². The van der Waals surface area contributed by atoms with Crippen LogP contribution in [0.2, 0.25) is 0 Å². The summed E-state index contributed by atoms with van der Waals surface area (Å²) in [6.45, 7) is 17.2. The van der Waals surface area contributed by atoms with Crippen LogP contribution in [0.5, 0.6) is 0 Å². The van der Waals surface area contributed by atoms with Gasteiger partial charge in [-0.3, -0.25) is 19.3 Å². The molecule has 0 radical (unpaired) electrons. The number of ether oxygens (including phenoxy) is 1. The Balaban J connectivity index is 1.74. The van der Waals surface area contributed by atoms with Crippen molar-refractivity contribution in [2.45, 2.75) is 130 Å². The molecule has 0 spiro atoms. The Kier molecular flexibility index (Phi) is 13.8. The molecule has 2 heterocycles. The molecule has 2 aliphatic heterocycles. The number of carbonyl (C=O) groups is 4. The largest absolute Gasteiger partial charge is 0.456 e. The number of piperidine rings is 1. The molecule has 0 saturated carbocycles. The molecule has 1 aromatic rings. The van der Waals surface area contributed by atoms with E-state index in [-0.39, 0.29) is 59.8 Å². The van der Waals surface area contributed by atoms with Crippen molar-refractivity contribution in [2.75, 3.05) is 20.1 Å². The van der Waals surface area contributed by atoms with Crippen molar-refractivity contribution < 1.29 is 23.9 Å². The van der Waals surface area contributed by atoms with E-state index in [1.54, 1.807) is 23.8 Å². The highest BCUT2D eigenvalue weighted by Crippen LogP contribution is 2.27. The Labute approximate surface area is 277 Å². The quantitative estimate of drug-likeness (QED) is 0.226. The van der Waals surface area contributed by atoms with E-state index in [0.717, 1.165) is 37.8 Å². The second-order valence-corrected chi connectivity index (χ2v) is 14.0. The zero-order valence-electron chi connectivity index (χ0n) is 29.6. The minimum absolute atomic E-state index is 0.00511. The van der Waals surface area contributed by atoms with E-state index in [1.165, 1.54) is 0 Å². The molecule has 0 aliphatic carbocycles. The van der Waals surface area contributed by atoms with Crippen LogP contribution >= 0.6 is 0 Å². The Bertz CT molecular complexity index is 1210. The average molecular weight is 639 g/mol. The van der Waals surface area contributed by atoms with Crippen LogP contribution in [0.1, 0.15) is 106 Å². The van der Waals surface area contributed by atoms with Crippen LogP contribution in [-0.4, -0.2) is 88.7 Å². The number of likely N-dealkylation sites (N-methyl/N-ethyl adjacent to an activating group) is 1. The molecule has 1 N–H and O–H groups in total. The summed E-state index contributed by atoms with van der Waals surface area (Å²) >= 11 is 0. The third-order valence-corrected chi connectivity index (χ3v) is 9.56. The Hall–Kier alpha value is -3.20. The molecular formula is C37H58N4O5. The number of likely N-dealkylation sites (tertiary alicyclic amines) is 2. The molecule has 9 heteroatoms. The predicted molar refractivity (Wildman–Crippen MR) is 182 cm³/mol. The number of hydrogen-bond acceptors (Lipinski definition) is 6. The number of carbonyl (C=O) groups excluding carboxylic acids is 4. The smallest absolute Gasteiger partial charge is 0.329 e. The highest BCUT2D eigenvalue weighted by Gasteiger charge is 2.38. The van der Waals surface area contributed by atoms with Gasteiger partial charge in [-0.1, -0.05) is 77.4 Å². The normalized spacial score (nSPS) is 21.3. The SMILES string of the molecule is CC[C@H](OC(=O)[C@@H]1CCCN1C(=O)/C(C)=C/[C@H](C(C)C)N(C)C(=O)[C@@H](NC(=O)C1CCCCN1C(C)C)C(C)C)c1ccccc1. The first kappa shape index (κ1) is 37.3. The maximum atomic E-state index is 14.0. The van der Waals surface area contributed by atoms with Crippen molar-refractivity contribution in [2.24, 2.45) is 11.8 Å². The van der Waals surface area contributed by atoms with Crippen molar-refractivity contribution in [3.63, 3.8) is 0 Å². The van der Waals surface area contributed by atoms with E-state index in [1.807, 2.05) is 71.0 Å². The fourth-order valence-corrected chi connectivity index (χ4v) is 6.82. The van der Waals surface area contributed by atoms with Gasteiger partial charge in [-0.2, -0.15) is 0 Å². The van der Waals surface area contributed by atoms with Crippen LogP contribution < -0.4 is 5.32 Å². The summed E-state index contributed by atoms with van der Waals surface area (Å²) in [6.07, 6.45) is 6.24. The number of nitrogens with zero attached hydrogens (tertiary/aromatic N) is 3. The van der Waals surface area contributed by atoms with Crippen molar-refractivity contribution in [1.82, 2.24) is 20.0 Å². The lowest BCUT2D eigenvalue weighted by Crippen LogP contribution is -2.58. The molecule has 0 bridgehead atoms. The Morgan fingerprint density at radius 1 is 0.935 bits per heavy atom. The molecule has 5 atom stereocenters. The van der Waals surface area contributed by atoms with Gasteiger partial charge in [-0.05, 0) is 76.8 Å². The lowest BCUT2D eigenvalue weighted by Gasteiger charge is -2.39. The van der Waals surface area contributed by atoms with Gasteiger partial charge in [0.1, 0.15) is 18.2 Å². The Morgan fingerprint density at radius 2 is 1.59 bits per heavy atom. The van der Waals surface area contributed by atoms with Gasteiger partial charge >= 0.3 is 5.97 Å². The molecule has 9 nitrogen and oxygen atoms in total. The summed E-state index contributed by atoms with van der Waals surface area (Å²) in [6, 6.07) is 7.96.